The first-order valence-electron chi connectivity index (χ1n) is 9.83. The van der Waals surface area contributed by atoms with Crippen molar-refractivity contribution < 1.29 is 15.3 Å². The third kappa shape index (κ3) is 5.32. The van der Waals surface area contributed by atoms with Gasteiger partial charge in [-0.2, -0.15) is 0 Å². The maximum atomic E-state index is 10.5. The first kappa shape index (κ1) is 21.4. The Morgan fingerprint density at radius 1 is 1.19 bits per heavy atom. The second kappa shape index (κ2) is 9.89. The van der Waals surface area contributed by atoms with Crippen molar-refractivity contribution in [2.24, 2.45) is 11.8 Å². The van der Waals surface area contributed by atoms with E-state index in [-0.39, 0.29) is 17.9 Å². The van der Waals surface area contributed by atoms with Gasteiger partial charge in [-0.25, -0.2) is 0 Å². The third-order valence-electron chi connectivity index (χ3n) is 5.75. The molecule has 0 amide bonds. The molecule has 2 rings (SSSR count). The fourth-order valence-electron chi connectivity index (χ4n) is 4.10. The lowest BCUT2D eigenvalue weighted by molar-refractivity contribution is 0.0195. The minimum atomic E-state index is -0.897. The van der Waals surface area contributed by atoms with Crippen LogP contribution in [-0.4, -0.2) is 33.6 Å². The molecule has 0 radical (unpaired) electrons. The van der Waals surface area contributed by atoms with Crippen LogP contribution in [0.1, 0.15) is 56.6 Å². The number of benzene rings is 1. The number of hydrogen-bond acceptors (Lipinski definition) is 3. The van der Waals surface area contributed by atoms with Crippen LogP contribution in [0.25, 0.3) is 0 Å². The molecule has 1 aliphatic carbocycles. The van der Waals surface area contributed by atoms with Crippen LogP contribution < -0.4 is 0 Å². The van der Waals surface area contributed by atoms with Crippen LogP contribution in [0.15, 0.2) is 30.4 Å². The minimum Gasteiger partial charge on any atom is -0.393 e. The van der Waals surface area contributed by atoms with E-state index >= 15 is 0 Å². The molecule has 0 unspecified atom stereocenters. The van der Waals surface area contributed by atoms with E-state index in [1.807, 2.05) is 19.1 Å². The molecule has 1 saturated carbocycles. The lowest BCUT2D eigenvalue weighted by Crippen LogP contribution is -2.27. The molecular formula is C22H33ClO3. The van der Waals surface area contributed by atoms with Crippen LogP contribution in [0.5, 0.6) is 0 Å². The quantitative estimate of drug-likeness (QED) is 0.438. The normalized spacial score (nSPS) is 27.1. The second-order valence-corrected chi connectivity index (χ2v) is 8.21. The maximum absolute atomic E-state index is 10.5. The number of aliphatic hydroxyl groups is 3. The number of aryl methyl sites for hydroxylation is 1. The highest BCUT2D eigenvalue weighted by Crippen LogP contribution is 2.42. The Labute approximate surface area is 162 Å². The number of unbranched alkanes of at least 4 members (excludes halogenated alkanes) is 2. The predicted molar refractivity (Wildman–Crippen MR) is 107 cm³/mol. The average molecular weight is 381 g/mol. The largest absolute Gasteiger partial charge is 0.393 e. The zero-order chi connectivity index (χ0) is 19.3. The molecule has 0 spiro atoms. The average Bonchev–Trinajstić information content (AvgIpc) is 2.80. The van der Waals surface area contributed by atoms with Gasteiger partial charge in [0.2, 0.25) is 0 Å². The molecule has 146 valence electrons. The van der Waals surface area contributed by atoms with E-state index < -0.39 is 12.2 Å². The molecule has 5 atom stereocenters. The van der Waals surface area contributed by atoms with Gasteiger partial charge in [0, 0.05) is 5.02 Å². The summed E-state index contributed by atoms with van der Waals surface area (Å²) in [5.41, 5.74) is 2.84. The van der Waals surface area contributed by atoms with Crippen molar-refractivity contribution in [2.75, 3.05) is 0 Å². The molecule has 4 heteroatoms. The van der Waals surface area contributed by atoms with Crippen molar-refractivity contribution in [3.05, 3.63) is 46.5 Å². The van der Waals surface area contributed by atoms with Crippen molar-refractivity contribution in [3.63, 3.8) is 0 Å². The number of hydrogen-bond donors (Lipinski definition) is 3. The van der Waals surface area contributed by atoms with E-state index in [1.165, 1.54) is 0 Å². The summed E-state index contributed by atoms with van der Waals surface area (Å²) in [7, 11) is 0. The summed E-state index contributed by atoms with van der Waals surface area (Å²) >= 11 is 6.35. The highest BCUT2D eigenvalue weighted by Gasteiger charge is 2.44. The zero-order valence-corrected chi connectivity index (χ0v) is 16.8. The summed E-state index contributed by atoms with van der Waals surface area (Å²) < 4.78 is 0. The van der Waals surface area contributed by atoms with Crippen LogP contribution >= 0.6 is 11.6 Å². The molecule has 0 aromatic heterocycles. The number of aliphatic hydroxyl groups excluding tert-OH is 3. The lowest BCUT2D eigenvalue weighted by atomic mass is 9.83. The Bertz CT molecular complexity index is 601. The Kier molecular flexibility index (Phi) is 8.15. The van der Waals surface area contributed by atoms with Gasteiger partial charge in [0.15, 0.2) is 0 Å². The summed E-state index contributed by atoms with van der Waals surface area (Å²) in [5.74, 6) is -0.128. The topological polar surface area (TPSA) is 60.7 Å². The summed E-state index contributed by atoms with van der Waals surface area (Å²) in [6.45, 7) is 8.21. The highest BCUT2D eigenvalue weighted by molar-refractivity contribution is 6.31. The van der Waals surface area contributed by atoms with Crippen molar-refractivity contribution in [2.45, 2.75) is 77.1 Å². The van der Waals surface area contributed by atoms with Crippen molar-refractivity contribution in [3.8, 4) is 0 Å². The van der Waals surface area contributed by atoms with Gasteiger partial charge in [0.1, 0.15) is 6.10 Å². The molecule has 3 N–H and O–H groups in total. The van der Waals surface area contributed by atoms with Gasteiger partial charge in [-0.3, -0.25) is 0 Å². The van der Waals surface area contributed by atoms with Gasteiger partial charge >= 0.3 is 0 Å². The molecule has 0 saturated heterocycles. The zero-order valence-electron chi connectivity index (χ0n) is 16.0. The highest BCUT2D eigenvalue weighted by atomic mass is 35.5. The summed E-state index contributed by atoms with van der Waals surface area (Å²) in [6, 6.07) is 5.93. The van der Waals surface area contributed by atoms with Gasteiger partial charge in [-0.05, 0) is 61.6 Å². The summed E-state index contributed by atoms with van der Waals surface area (Å²) in [6.07, 6.45) is 4.02. The van der Waals surface area contributed by atoms with E-state index in [9.17, 15) is 15.3 Å². The van der Waals surface area contributed by atoms with Crippen molar-refractivity contribution in [1.29, 1.82) is 0 Å². The summed E-state index contributed by atoms with van der Waals surface area (Å²) in [4.78, 5) is 0. The van der Waals surface area contributed by atoms with E-state index in [1.54, 1.807) is 0 Å². The van der Waals surface area contributed by atoms with Crippen LogP contribution in [-0.2, 0) is 6.42 Å². The molecule has 0 aliphatic heterocycles. The van der Waals surface area contributed by atoms with Crippen LogP contribution in [0.3, 0.4) is 0 Å². The molecular weight excluding hydrogens is 348 g/mol. The summed E-state index contributed by atoms with van der Waals surface area (Å²) in [5, 5.41) is 31.7. The molecule has 26 heavy (non-hydrogen) atoms. The standard InChI is InChI=1S/C22H33ClO3/c1-4-5-6-7-17(24)9-10-18-19(15(3)21(25)22(18)26)13-16-12-14(2)8-11-20(16)23/h8,11-12,17-19,21-22,24-26H,3-7,9-10,13H2,1-2H3/t17-,18+,19-,21+,22-/m0/s1. The van der Waals surface area contributed by atoms with E-state index in [0.717, 1.165) is 36.8 Å². The second-order valence-electron chi connectivity index (χ2n) is 7.81. The Balaban J connectivity index is 2.04. The maximum Gasteiger partial charge on any atom is 0.101 e. The first-order chi connectivity index (χ1) is 12.3. The van der Waals surface area contributed by atoms with Gasteiger partial charge in [0.05, 0.1) is 12.2 Å². The fraction of sp³-hybridized carbons (Fsp3) is 0.636. The molecule has 1 aromatic carbocycles. The molecule has 3 nitrogen and oxygen atoms in total. The Hall–Kier alpha value is -0.870. The molecule has 1 fully saturated rings. The predicted octanol–water partition coefficient (Wildman–Crippen LogP) is 4.44. The van der Waals surface area contributed by atoms with Gasteiger partial charge in [-0.15, -0.1) is 0 Å². The van der Waals surface area contributed by atoms with E-state index in [0.29, 0.717) is 29.9 Å². The fourth-order valence-corrected chi connectivity index (χ4v) is 4.29. The molecule has 0 bridgehead atoms. The van der Waals surface area contributed by atoms with Crippen molar-refractivity contribution >= 4 is 11.6 Å². The van der Waals surface area contributed by atoms with Crippen LogP contribution in [0.2, 0.25) is 5.02 Å². The van der Waals surface area contributed by atoms with Crippen molar-refractivity contribution in [1.82, 2.24) is 0 Å². The smallest absolute Gasteiger partial charge is 0.101 e. The SMILES string of the molecule is C=C1[C@@H](O)[C@@H](O)[C@H](CC[C@@H](O)CCCCC)[C@H]1Cc1cc(C)ccc1Cl. The first-order valence-corrected chi connectivity index (χ1v) is 10.2. The Morgan fingerprint density at radius 2 is 1.92 bits per heavy atom. The Morgan fingerprint density at radius 3 is 2.62 bits per heavy atom. The van der Waals surface area contributed by atoms with Gasteiger partial charge < -0.3 is 15.3 Å². The van der Waals surface area contributed by atoms with Crippen LogP contribution in [0, 0.1) is 18.8 Å². The van der Waals surface area contributed by atoms with Gasteiger partial charge in [0.25, 0.3) is 0 Å². The van der Waals surface area contributed by atoms with E-state index in [4.69, 9.17) is 11.6 Å². The molecule has 0 heterocycles. The minimum absolute atomic E-state index is 0.0258. The number of halogens is 1. The van der Waals surface area contributed by atoms with Crippen LogP contribution in [0.4, 0.5) is 0 Å². The monoisotopic (exact) mass is 380 g/mol. The lowest BCUT2D eigenvalue weighted by Gasteiger charge is -2.24. The van der Waals surface area contributed by atoms with E-state index in [2.05, 4.69) is 19.6 Å². The third-order valence-corrected chi connectivity index (χ3v) is 6.12. The molecule has 1 aromatic rings. The molecule has 1 aliphatic rings. The number of rotatable bonds is 9. The van der Waals surface area contributed by atoms with Gasteiger partial charge in [-0.1, -0.05) is 62.1 Å².